The monoisotopic (exact) mass is 271 g/mol. The second kappa shape index (κ2) is 6.70. The molecule has 102 valence electrons. The number of anilines is 1. The van der Waals surface area contributed by atoms with Gasteiger partial charge in [-0.1, -0.05) is 20.8 Å². The van der Waals surface area contributed by atoms with Crippen LogP contribution < -0.4 is 10.0 Å². The lowest BCUT2D eigenvalue weighted by Gasteiger charge is -2.12. The molecular weight excluding hydrogens is 250 g/mol. The average molecular weight is 271 g/mol. The van der Waals surface area contributed by atoms with Crippen LogP contribution in [-0.4, -0.2) is 26.5 Å². The van der Waals surface area contributed by atoms with Gasteiger partial charge < -0.3 is 5.32 Å². The fraction of sp³-hybridized carbons (Fsp3) is 0.583. The molecule has 0 radical (unpaired) electrons. The maximum Gasteiger partial charge on any atom is 0.244 e. The fourth-order valence-electron chi connectivity index (χ4n) is 1.34. The van der Waals surface area contributed by atoms with Gasteiger partial charge in [-0.15, -0.1) is 0 Å². The Morgan fingerprint density at radius 1 is 1.39 bits per heavy atom. The van der Waals surface area contributed by atoms with Gasteiger partial charge in [-0.3, -0.25) is 0 Å². The Morgan fingerprint density at radius 3 is 2.72 bits per heavy atom. The Morgan fingerprint density at radius 2 is 2.11 bits per heavy atom. The lowest BCUT2D eigenvalue weighted by Crippen LogP contribution is -2.28. The molecule has 0 bridgehead atoms. The molecule has 0 saturated heterocycles. The van der Waals surface area contributed by atoms with Gasteiger partial charge in [-0.25, -0.2) is 18.1 Å². The van der Waals surface area contributed by atoms with Gasteiger partial charge in [0.2, 0.25) is 10.0 Å². The van der Waals surface area contributed by atoms with Crippen LogP contribution in [0.3, 0.4) is 0 Å². The normalized spacial score (nSPS) is 11.8. The minimum Gasteiger partial charge on any atom is -0.369 e. The smallest absolute Gasteiger partial charge is 0.244 e. The van der Waals surface area contributed by atoms with Crippen LogP contribution in [0, 0.1) is 5.92 Å². The maximum absolute atomic E-state index is 12.1. The molecule has 0 fully saturated rings. The van der Waals surface area contributed by atoms with E-state index in [0.717, 1.165) is 6.42 Å². The van der Waals surface area contributed by atoms with E-state index in [0.29, 0.717) is 18.9 Å². The third-order valence-corrected chi connectivity index (χ3v) is 3.74. The average Bonchev–Trinajstić information content (AvgIpc) is 2.34. The topological polar surface area (TPSA) is 71.1 Å². The van der Waals surface area contributed by atoms with Crippen molar-refractivity contribution in [2.75, 3.05) is 18.4 Å². The lowest BCUT2D eigenvalue weighted by molar-refractivity contribution is 0.560. The standard InChI is InChI=1S/C12H21N3O2S/c1-4-7-13-12-11(6-5-8-14-12)18(16,17)15-9-10(2)3/h5-6,8,10,15H,4,7,9H2,1-3H3,(H,13,14). The second-order valence-corrected chi connectivity index (χ2v) is 6.26. The Hall–Kier alpha value is -1.14. The molecule has 0 aliphatic carbocycles. The van der Waals surface area contributed by atoms with Gasteiger partial charge in [-0.05, 0) is 24.5 Å². The highest BCUT2D eigenvalue weighted by atomic mass is 32.2. The molecule has 0 aliphatic rings. The number of rotatable bonds is 7. The van der Waals surface area contributed by atoms with Gasteiger partial charge in [-0.2, -0.15) is 0 Å². The van der Waals surface area contributed by atoms with Crippen molar-refractivity contribution in [3.05, 3.63) is 18.3 Å². The summed E-state index contributed by atoms with van der Waals surface area (Å²) in [4.78, 5) is 4.29. The van der Waals surface area contributed by atoms with Gasteiger partial charge in [0.15, 0.2) is 0 Å². The first-order chi connectivity index (χ1) is 8.47. The van der Waals surface area contributed by atoms with E-state index >= 15 is 0 Å². The van der Waals surface area contributed by atoms with E-state index in [4.69, 9.17) is 0 Å². The van der Waals surface area contributed by atoms with E-state index < -0.39 is 10.0 Å². The van der Waals surface area contributed by atoms with E-state index in [-0.39, 0.29) is 10.8 Å². The molecule has 0 aromatic carbocycles. The SMILES string of the molecule is CCCNc1ncccc1S(=O)(=O)NCC(C)C. The zero-order valence-electron chi connectivity index (χ0n) is 11.1. The predicted octanol–water partition coefficient (Wildman–Crippen LogP) is 1.84. The van der Waals surface area contributed by atoms with Crippen molar-refractivity contribution in [3.63, 3.8) is 0 Å². The molecule has 1 aromatic heterocycles. The summed E-state index contributed by atoms with van der Waals surface area (Å²) in [6.45, 7) is 7.05. The zero-order valence-corrected chi connectivity index (χ0v) is 11.9. The van der Waals surface area contributed by atoms with Crippen molar-refractivity contribution < 1.29 is 8.42 Å². The quantitative estimate of drug-likeness (QED) is 0.794. The molecule has 2 N–H and O–H groups in total. The first kappa shape index (κ1) is 14.9. The minimum absolute atomic E-state index is 0.208. The number of nitrogens with zero attached hydrogens (tertiary/aromatic N) is 1. The van der Waals surface area contributed by atoms with Crippen LogP contribution in [0.2, 0.25) is 0 Å². The fourth-order valence-corrected chi connectivity index (χ4v) is 2.68. The van der Waals surface area contributed by atoms with Crippen molar-refractivity contribution in [2.24, 2.45) is 5.92 Å². The molecule has 1 heterocycles. The number of pyridine rings is 1. The molecule has 5 nitrogen and oxygen atoms in total. The number of hydrogen-bond acceptors (Lipinski definition) is 4. The molecule has 0 aliphatic heterocycles. The van der Waals surface area contributed by atoms with Crippen molar-refractivity contribution in [3.8, 4) is 0 Å². The van der Waals surface area contributed by atoms with Gasteiger partial charge >= 0.3 is 0 Å². The third-order valence-electron chi connectivity index (χ3n) is 2.28. The molecule has 18 heavy (non-hydrogen) atoms. The number of aromatic nitrogens is 1. The predicted molar refractivity (Wildman–Crippen MR) is 73.0 cm³/mol. The van der Waals surface area contributed by atoms with Crippen LogP contribution in [0.25, 0.3) is 0 Å². The van der Waals surface area contributed by atoms with Crippen LogP contribution in [-0.2, 0) is 10.0 Å². The maximum atomic E-state index is 12.1. The summed E-state index contributed by atoms with van der Waals surface area (Å²) in [6, 6.07) is 3.19. The van der Waals surface area contributed by atoms with E-state index in [1.165, 1.54) is 0 Å². The van der Waals surface area contributed by atoms with Gasteiger partial charge in [0, 0.05) is 19.3 Å². The van der Waals surface area contributed by atoms with E-state index in [1.54, 1.807) is 18.3 Å². The summed E-state index contributed by atoms with van der Waals surface area (Å²) in [5.41, 5.74) is 0. The summed E-state index contributed by atoms with van der Waals surface area (Å²) in [5.74, 6) is 0.680. The first-order valence-electron chi connectivity index (χ1n) is 6.16. The molecular formula is C12H21N3O2S. The molecule has 1 aromatic rings. The van der Waals surface area contributed by atoms with Gasteiger partial charge in [0.25, 0.3) is 0 Å². The van der Waals surface area contributed by atoms with Crippen LogP contribution >= 0.6 is 0 Å². The lowest BCUT2D eigenvalue weighted by atomic mass is 10.2. The Bertz CT molecular complexity index is 472. The van der Waals surface area contributed by atoms with Crippen molar-refractivity contribution in [1.29, 1.82) is 0 Å². The van der Waals surface area contributed by atoms with E-state index in [1.807, 2.05) is 20.8 Å². The van der Waals surface area contributed by atoms with Crippen LogP contribution in [0.15, 0.2) is 23.2 Å². The van der Waals surface area contributed by atoms with Gasteiger partial charge in [0.1, 0.15) is 10.7 Å². The van der Waals surface area contributed by atoms with Crippen molar-refractivity contribution in [2.45, 2.75) is 32.1 Å². The Labute approximate surface area is 109 Å². The Kier molecular flexibility index (Phi) is 5.55. The number of nitrogens with one attached hydrogen (secondary N) is 2. The molecule has 0 unspecified atom stereocenters. The first-order valence-corrected chi connectivity index (χ1v) is 7.64. The molecule has 1 rings (SSSR count). The number of sulfonamides is 1. The molecule has 6 heteroatoms. The second-order valence-electron chi connectivity index (χ2n) is 4.52. The summed E-state index contributed by atoms with van der Waals surface area (Å²) in [6.07, 6.45) is 2.49. The molecule has 0 atom stereocenters. The Balaban J connectivity index is 2.93. The van der Waals surface area contributed by atoms with Crippen molar-refractivity contribution >= 4 is 15.8 Å². The minimum atomic E-state index is -3.49. The summed E-state index contributed by atoms with van der Waals surface area (Å²) in [7, 11) is -3.49. The largest absolute Gasteiger partial charge is 0.369 e. The van der Waals surface area contributed by atoms with Crippen LogP contribution in [0.4, 0.5) is 5.82 Å². The molecule has 0 spiro atoms. The third kappa shape index (κ3) is 4.27. The summed E-state index contributed by atoms with van der Waals surface area (Å²) < 4.78 is 26.8. The number of hydrogen-bond donors (Lipinski definition) is 2. The van der Waals surface area contributed by atoms with Crippen molar-refractivity contribution in [1.82, 2.24) is 9.71 Å². The molecule has 0 saturated carbocycles. The van der Waals surface area contributed by atoms with Crippen LogP contribution in [0.1, 0.15) is 27.2 Å². The van der Waals surface area contributed by atoms with Gasteiger partial charge in [0.05, 0.1) is 0 Å². The highest BCUT2D eigenvalue weighted by molar-refractivity contribution is 7.89. The summed E-state index contributed by atoms with van der Waals surface area (Å²) in [5, 5.41) is 3.03. The highest BCUT2D eigenvalue weighted by Crippen LogP contribution is 2.17. The van der Waals surface area contributed by atoms with Crippen LogP contribution in [0.5, 0.6) is 0 Å². The molecule has 0 amide bonds. The zero-order chi connectivity index (χ0) is 13.6. The van der Waals surface area contributed by atoms with E-state index in [2.05, 4.69) is 15.0 Å². The summed E-state index contributed by atoms with van der Waals surface area (Å²) >= 11 is 0. The van der Waals surface area contributed by atoms with E-state index in [9.17, 15) is 8.42 Å². The highest BCUT2D eigenvalue weighted by Gasteiger charge is 2.18.